The quantitative estimate of drug-likeness (QED) is 0.740. The van der Waals surface area contributed by atoms with E-state index in [2.05, 4.69) is 20.2 Å². The lowest BCUT2D eigenvalue weighted by Gasteiger charge is -2.03. The lowest BCUT2D eigenvalue weighted by Crippen LogP contribution is -2.12. The Morgan fingerprint density at radius 2 is 1.95 bits per heavy atom. The molecule has 0 amide bonds. The van der Waals surface area contributed by atoms with E-state index >= 15 is 0 Å². The van der Waals surface area contributed by atoms with Gasteiger partial charge >= 0.3 is 0 Å². The van der Waals surface area contributed by atoms with Crippen molar-refractivity contribution in [2.24, 2.45) is 10.2 Å². The standard InChI is InChI=1S/C14H10N4O2S/c19-12-10(13(20)17-14(21)16-12)6-9-7-15-18-11(9)8-4-2-1-3-5-8/h1-7H,(H3,16,17,19,20,21)/b9-6+. The van der Waals surface area contributed by atoms with E-state index in [4.69, 9.17) is 12.2 Å². The molecule has 0 atom stereocenters. The fourth-order valence-corrected chi connectivity index (χ4v) is 2.16. The first-order chi connectivity index (χ1) is 10.1. The van der Waals surface area contributed by atoms with Crippen LogP contribution in [0.2, 0.25) is 0 Å². The summed E-state index contributed by atoms with van der Waals surface area (Å²) in [7, 11) is 0. The predicted octanol–water partition coefficient (Wildman–Crippen LogP) is 2.01. The summed E-state index contributed by atoms with van der Waals surface area (Å²) >= 11 is 4.79. The number of rotatable bonds is 2. The van der Waals surface area contributed by atoms with Crippen LogP contribution in [0.3, 0.4) is 0 Å². The third-order valence-electron chi connectivity index (χ3n) is 2.93. The molecule has 0 aliphatic carbocycles. The van der Waals surface area contributed by atoms with E-state index in [9.17, 15) is 9.90 Å². The van der Waals surface area contributed by atoms with Crippen LogP contribution in [0.5, 0.6) is 5.88 Å². The van der Waals surface area contributed by atoms with Crippen molar-refractivity contribution >= 4 is 30.2 Å². The van der Waals surface area contributed by atoms with E-state index in [0.717, 1.165) is 5.56 Å². The largest absolute Gasteiger partial charge is 0.494 e. The molecule has 0 saturated carbocycles. The molecule has 21 heavy (non-hydrogen) atoms. The van der Waals surface area contributed by atoms with Gasteiger partial charge in [-0.1, -0.05) is 30.3 Å². The molecule has 2 heterocycles. The number of aromatic nitrogens is 2. The maximum absolute atomic E-state index is 11.9. The van der Waals surface area contributed by atoms with Gasteiger partial charge in [-0.2, -0.15) is 5.10 Å². The number of H-pyrrole nitrogens is 2. The number of benzene rings is 1. The van der Waals surface area contributed by atoms with Crippen LogP contribution in [0.4, 0.5) is 0 Å². The van der Waals surface area contributed by atoms with Gasteiger partial charge in [0, 0.05) is 11.1 Å². The SMILES string of the molecule is O=c1[nH]c(=S)[nH]c(O)c1/C=C1\C=NN=C1c1ccccc1. The summed E-state index contributed by atoms with van der Waals surface area (Å²) in [6, 6.07) is 9.46. The second kappa shape index (κ2) is 5.29. The monoisotopic (exact) mass is 298 g/mol. The van der Waals surface area contributed by atoms with Gasteiger partial charge in [-0.05, 0) is 18.3 Å². The molecule has 0 saturated heterocycles. The normalized spacial score (nSPS) is 15.4. The fraction of sp³-hybridized carbons (Fsp3) is 0. The molecule has 0 spiro atoms. The summed E-state index contributed by atoms with van der Waals surface area (Å²) in [6.45, 7) is 0. The Balaban J connectivity index is 2.09. The number of nitrogens with one attached hydrogen (secondary N) is 2. The van der Waals surface area contributed by atoms with Gasteiger partial charge < -0.3 is 10.1 Å². The second-order valence-corrected chi connectivity index (χ2v) is 4.74. The molecule has 2 aromatic rings. The molecule has 7 heteroatoms. The van der Waals surface area contributed by atoms with Crippen LogP contribution in [0.25, 0.3) is 6.08 Å². The molecule has 0 fully saturated rings. The number of allylic oxidation sites excluding steroid dienone is 1. The second-order valence-electron chi connectivity index (χ2n) is 4.33. The van der Waals surface area contributed by atoms with Gasteiger partial charge in [-0.15, -0.1) is 5.10 Å². The van der Waals surface area contributed by atoms with Crippen molar-refractivity contribution in [1.82, 2.24) is 9.97 Å². The van der Waals surface area contributed by atoms with E-state index < -0.39 is 5.56 Å². The molecule has 1 aromatic carbocycles. The molecule has 1 aliphatic rings. The predicted molar refractivity (Wildman–Crippen MR) is 83.4 cm³/mol. The Morgan fingerprint density at radius 1 is 1.19 bits per heavy atom. The van der Waals surface area contributed by atoms with E-state index in [1.54, 1.807) is 0 Å². The summed E-state index contributed by atoms with van der Waals surface area (Å²) < 4.78 is 0.0664. The highest BCUT2D eigenvalue weighted by molar-refractivity contribution is 7.71. The topological polar surface area (TPSA) is 93.6 Å². The zero-order valence-electron chi connectivity index (χ0n) is 10.7. The van der Waals surface area contributed by atoms with E-state index in [0.29, 0.717) is 11.3 Å². The number of hydrogen-bond acceptors (Lipinski definition) is 5. The van der Waals surface area contributed by atoms with Crippen LogP contribution in [0.1, 0.15) is 11.1 Å². The minimum absolute atomic E-state index is 0.0664. The fourth-order valence-electron chi connectivity index (χ4n) is 1.97. The van der Waals surface area contributed by atoms with Crippen molar-refractivity contribution in [2.45, 2.75) is 0 Å². The van der Waals surface area contributed by atoms with Crippen molar-refractivity contribution < 1.29 is 5.11 Å². The Bertz CT molecular complexity index is 891. The maximum atomic E-state index is 11.9. The summed E-state index contributed by atoms with van der Waals surface area (Å²) in [6.07, 6.45) is 3.05. The van der Waals surface area contributed by atoms with Crippen molar-refractivity contribution in [3.63, 3.8) is 0 Å². The van der Waals surface area contributed by atoms with Crippen LogP contribution >= 0.6 is 12.2 Å². The van der Waals surface area contributed by atoms with Crippen molar-refractivity contribution in [3.05, 3.63) is 62.2 Å². The van der Waals surface area contributed by atoms with Gasteiger partial charge in [-0.3, -0.25) is 9.78 Å². The van der Waals surface area contributed by atoms with Gasteiger partial charge in [0.1, 0.15) is 11.3 Å². The van der Waals surface area contributed by atoms with Gasteiger partial charge in [-0.25, -0.2) is 0 Å². The van der Waals surface area contributed by atoms with Crippen LogP contribution < -0.4 is 5.56 Å². The Kier molecular flexibility index (Phi) is 3.33. The van der Waals surface area contributed by atoms with Crippen molar-refractivity contribution in [1.29, 1.82) is 0 Å². The molecule has 3 rings (SSSR count). The summed E-state index contributed by atoms with van der Waals surface area (Å²) in [4.78, 5) is 16.8. The Labute approximate surface area is 124 Å². The molecule has 1 aliphatic heterocycles. The average molecular weight is 298 g/mol. The van der Waals surface area contributed by atoms with Crippen LogP contribution in [0.15, 0.2) is 50.9 Å². The third kappa shape index (κ3) is 2.59. The third-order valence-corrected chi connectivity index (χ3v) is 3.14. The molecular weight excluding hydrogens is 288 g/mol. The van der Waals surface area contributed by atoms with Crippen LogP contribution in [-0.2, 0) is 0 Å². The summed E-state index contributed by atoms with van der Waals surface area (Å²) in [5.41, 5.74) is 1.75. The molecular formula is C14H10N4O2S. The molecule has 0 unspecified atom stereocenters. The summed E-state index contributed by atoms with van der Waals surface area (Å²) in [5, 5.41) is 17.7. The van der Waals surface area contributed by atoms with Crippen molar-refractivity contribution in [2.75, 3.05) is 0 Å². The molecule has 6 nitrogen and oxygen atoms in total. The number of aromatic amines is 2. The highest BCUT2D eigenvalue weighted by atomic mass is 32.1. The van der Waals surface area contributed by atoms with Gasteiger partial charge in [0.15, 0.2) is 4.77 Å². The first-order valence-corrected chi connectivity index (χ1v) is 6.50. The number of hydrogen-bond donors (Lipinski definition) is 3. The molecule has 3 N–H and O–H groups in total. The van der Waals surface area contributed by atoms with Crippen molar-refractivity contribution in [3.8, 4) is 5.88 Å². The smallest absolute Gasteiger partial charge is 0.262 e. The molecule has 104 valence electrons. The number of nitrogens with zero attached hydrogens (tertiary/aromatic N) is 2. The zero-order valence-corrected chi connectivity index (χ0v) is 11.5. The first kappa shape index (κ1) is 13.2. The van der Waals surface area contributed by atoms with Gasteiger partial charge in [0.05, 0.1) is 6.21 Å². The van der Waals surface area contributed by atoms with Crippen LogP contribution in [0, 0.1) is 4.77 Å². The van der Waals surface area contributed by atoms with Crippen LogP contribution in [-0.4, -0.2) is 27.0 Å². The summed E-state index contributed by atoms with van der Waals surface area (Å²) in [5.74, 6) is -0.288. The lowest BCUT2D eigenvalue weighted by atomic mass is 10.0. The highest BCUT2D eigenvalue weighted by Gasteiger charge is 2.15. The van der Waals surface area contributed by atoms with Gasteiger partial charge in [0.25, 0.3) is 5.56 Å². The lowest BCUT2D eigenvalue weighted by molar-refractivity contribution is 0.448. The minimum atomic E-state index is -0.475. The number of aromatic hydroxyl groups is 1. The van der Waals surface area contributed by atoms with E-state index in [1.165, 1.54) is 12.3 Å². The average Bonchev–Trinajstić information content (AvgIpc) is 2.92. The Hall–Kier alpha value is -2.80. The zero-order chi connectivity index (χ0) is 14.8. The van der Waals surface area contributed by atoms with E-state index in [-0.39, 0.29) is 16.2 Å². The molecule has 1 aromatic heterocycles. The molecule has 0 bridgehead atoms. The minimum Gasteiger partial charge on any atom is -0.494 e. The highest BCUT2D eigenvalue weighted by Crippen LogP contribution is 2.18. The molecule has 0 radical (unpaired) electrons. The van der Waals surface area contributed by atoms with Gasteiger partial charge in [0.2, 0.25) is 5.88 Å². The maximum Gasteiger partial charge on any atom is 0.262 e. The Morgan fingerprint density at radius 3 is 2.67 bits per heavy atom. The van der Waals surface area contributed by atoms with E-state index in [1.807, 2.05) is 30.3 Å². The first-order valence-electron chi connectivity index (χ1n) is 6.09.